The molecule has 0 aromatic heterocycles. The Balaban J connectivity index is 1.04. The molecular formula is C87H98Cl2N10O28. The zero-order chi connectivity index (χ0) is 91.3. The first-order valence-electron chi connectivity index (χ1n) is 41.0. The lowest BCUT2D eigenvalue weighted by Gasteiger charge is -2.41. The van der Waals surface area contributed by atoms with E-state index in [4.69, 9.17) is 56.4 Å². The Morgan fingerprint density at radius 3 is 1.83 bits per heavy atom. The Hall–Kier alpha value is -11.9. The van der Waals surface area contributed by atoms with E-state index in [1.807, 2.05) is 0 Å². The topological polar surface area (TPSA) is 573 Å². The number of aliphatic carboxylic acids is 1. The lowest BCUT2D eigenvalue weighted by Crippen LogP contribution is -2.66. The summed E-state index contributed by atoms with van der Waals surface area (Å²) in [6, 6.07) is 4.87. The van der Waals surface area contributed by atoms with Crippen molar-refractivity contribution in [2.75, 3.05) is 40.8 Å². The van der Waals surface area contributed by atoms with Crippen LogP contribution < -0.4 is 71.5 Å². The maximum Gasteiger partial charge on any atom is 0.335 e. The van der Waals surface area contributed by atoms with Crippen molar-refractivity contribution in [1.82, 2.24) is 52.8 Å². The summed E-state index contributed by atoms with van der Waals surface area (Å²) in [7, 11) is 4.94. The average molecular weight is 1800 g/mol. The molecule has 0 unspecified atom stereocenters. The molecule has 0 saturated carbocycles. The van der Waals surface area contributed by atoms with Gasteiger partial charge in [-0.25, -0.2) is 4.79 Å². The number of phenolic OH excluding ortho intramolecular Hbond substituents is 4. The van der Waals surface area contributed by atoms with Gasteiger partial charge in [0.1, 0.15) is 131 Å². The normalized spacial score (nSPS) is 25.9. The summed E-state index contributed by atoms with van der Waals surface area (Å²) in [6.45, 7) is 3.61. The maximum absolute atomic E-state index is 16.8. The highest BCUT2D eigenvalue weighted by Gasteiger charge is 2.52. The van der Waals surface area contributed by atoms with Crippen molar-refractivity contribution in [2.45, 2.75) is 181 Å². The van der Waals surface area contributed by atoms with E-state index in [2.05, 4.69) is 61.7 Å². The number of unbranched alkanes of at least 4 members (excludes halogenated alkanes) is 5. The number of nitrogens with one attached hydrogen (secondary N) is 9. The molecule has 678 valence electrons. The summed E-state index contributed by atoms with van der Waals surface area (Å²) < 4.78 is 44.4. The minimum absolute atomic E-state index is 0.0372. The smallest absolute Gasteiger partial charge is 0.335 e. The number of carbonyl (C=O) groups excluding carboxylic acids is 8. The lowest BCUT2D eigenvalue weighted by atomic mass is 9.89. The van der Waals surface area contributed by atoms with Gasteiger partial charge in [0, 0.05) is 41.8 Å². The number of carbonyl (C=O) groups is 9. The number of hydrogen-bond acceptors (Lipinski definition) is 29. The van der Waals surface area contributed by atoms with Crippen LogP contribution in [0.1, 0.15) is 153 Å². The van der Waals surface area contributed by atoms with Gasteiger partial charge in [0.15, 0.2) is 29.1 Å². The van der Waals surface area contributed by atoms with Crippen LogP contribution in [0.3, 0.4) is 0 Å². The van der Waals surface area contributed by atoms with Gasteiger partial charge in [-0.1, -0.05) is 106 Å². The molecule has 2 saturated heterocycles. The van der Waals surface area contributed by atoms with Crippen molar-refractivity contribution in [1.29, 1.82) is 0 Å². The van der Waals surface area contributed by atoms with Crippen molar-refractivity contribution in [3.8, 4) is 80.1 Å². The number of halogens is 2. The molecule has 15 rings (SSSR count). The largest absolute Gasteiger partial charge is 0.508 e. The van der Waals surface area contributed by atoms with E-state index in [1.165, 1.54) is 49.5 Å². The van der Waals surface area contributed by atoms with Crippen molar-refractivity contribution in [2.24, 2.45) is 5.92 Å². The van der Waals surface area contributed by atoms with Gasteiger partial charge in [0.05, 0.1) is 16.7 Å². The van der Waals surface area contributed by atoms with Gasteiger partial charge in [-0.2, -0.15) is 0 Å². The van der Waals surface area contributed by atoms with Crippen LogP contribution in [0.15, 0.2) is 115 Å². The summed E-state index contributed by atoms with van der Waals surface area (Å²) in [5, 5.41) is 161. The Bertz CT molecular complexity index is 5320. The summed E-state index contributed by atoms with van der Waals surface area (Å²) in [6.07, 6.45) is -15.5. The van der Waals surface area contributed by atoms with Gasteiger partial charge < -0.3 is 147 Å². The van der Waals surface area contributed by atoms with Crippen LogP contribution in [0.25, 0.3) is 11.1 Å². The quantitative estimate of drug-likeness (QED) is 0.0421. The first-order valence-corrected chi connectivity index (χ1v) is 41.8. The number of rotatable bonds is 22. The van der Waals surface area contributed by atoms with Crippen LogP contribution in [0.2, 0.25) is 10.0 Å². The second-order valence-corrected chi connectivity index (χ2v) is 33.1. The van der Waals surface area contributed by atoms with E-state index < -0.39 is 265 Å². The Labute approximate surface area is 735 Å². The number of carboxylic acid groups (broad SMARTS) is 1. The Morgan fingerprint density at radius 2 is 1.15 bits per heavy atom. The molecule has 0 aliphatic carbocycles. The van der Waals surface area contributed by atoms with Crippen LogP contribution in [-0.4, -0.2) is 228 Å². The predicted octanol–water partition coefficient (Wildman–Crippen LogP) is 4.30. The minimum atomic E-state index is -2.45. The number of nitrogens with zero attached hydrogens (tertiary/aromatic N) is 1. The first-order chi connectivity index (χ1) is 60.6. The maximum atomic E-state index is 16.8. The molecule has 0 radical (unpaired) electrons. The summed E-state index contributed by atoms with van der Waals surface area (Å²) in [4.78, 5) is 140. The number of aliphatic hydroxyl groups excluding tert-OH is 7. The van der Waals surface area contributed by atoms with Crippen LogP contribution in [0, 0.1) is 5.92 Å². The van der Waals surface area contributed by atoms with E-state index in [1.54, 1.807) is 19.0 Å². The van der Waals surface area contributed by atoms with Crippen LogP contribution >= 0.6 is 23.2 Å². The molecular weight excluding hydrogens is 1700 g/mol. The molecule has 7 aromatic rings. The fourth-order valence-electron chi connectivity index (χ4n) is 15.8. The van der Waals surface area contributed by atoms with Crippen molar-refractivity contribution < 1.29 is 138 Å². The fraction of sp³-hybridized carbons (Fsp3) is 0.414. The van der Waals surface area contributed by atoms with E-state index in [0.29, 0.717) is 25.3 Å². The number of amides is 8. The summed E-state index contributed by atoms with van der Waals surface area (Å²) in [5.41, 5.74) is -3.05. The van der Waals surface area contributed by atoms with Gasteiger partial charge >= 0.3 is 5.97 Å². The van der Waals surface area contributed by atoms with Crippen LogP contribution in [0.4, 0.5) is 0 Å². The summed E-state index contributed by atoms with van der Waals surface area (Å²) in [5.74, 6) is -17.8. The number of fused-ring (bicyclic) bond motifs is 14. The minimum Gasteiger partial charge on any atom is -0.508 e. The average Bonchev–Trinajstić information content (AvgIpc) is 1.05. The van der Waals surface area contributed by atoms with E-state index in [-0.39, 0.29) is 53.3 Å². The van der Waals surface area contributed by atoms with E-state index >= 15 is 28.8 Å². The van der Waals surface area contributed by atoms with Crippen LogP contribution in [-0.2, 0) is 52.6 Å². The van der Waals surface area contributed by atoms with Gasteiger partial charge in [-0.15, -0.1) is 0 Å². The number of benzene rings is 7. The number of aromatic hydroxyl groups is 4. The molecule has 40 heteroatoms. The monoisotopic (exact) mass is 1800 g/mol. The predicted molar refractivity (Wildman–Crippen MR) is 447 cm³/mol. The third-order valence-corrected chi connectivity index (χ3v) is 23.2. The molecule has 8 heterocycles. The fourth-order valence-corrected chi connectivity index (χ4v) is 16.2. The summed E-state index contributed by atoms with van der Waals surface area (Å²) >= 11 is 14.3. The molecule has 8 aliphatic heterocycles. The van der Waals surface area contributed by atoms with Gasteiger partial charge in [0.2, 0.25) is 65.6 Å². The highest BCUT2D eigenvalue weighted by Crippen LogP contribution is 2.51. The second kappa shape index (κ2) is 40.0. The van der Waals surface area contributed by atoms with Crippen LogP contribution in [0.5, 0.6) is 69.0 Å². The molecule has 0 spiro atoms. The van der Waals surface area contributed by atoms with E-state index in [9.17, 15) is 75.7 Å². The standard InChI is InChI=1S/C87H98Cl2N10O28/c1-37(2)13-10-8-6-7-9-11-14-59(105)92-69-72(108)74(110)77(85(119)120)127-86(69)126-76-56-30-42-31-57(76)123-53-24-19-41(28-49(53)88)70(106)68-84(118)96-66(78(112)91-25-12-26-99(4)5)47-32-43(101)33-55(124-87-75(111)73(109)71(107)58(36-100)125-87)60(47)46-27-39(17-22-50(46)102)64(81(115)98-68)94-82(116)65(42)95-83(117)67-48-34-45(35-52(104)61(48)89)122-54-29-40(18-23-51(54)103)62(90-3)79(113)93-63(80(114)97-67)38-15-20-44(121-56)21-16-38/h15-24,27-35,37,58,62-75,77,86-87,90,100-104,106-111H,6-14,25-26,36H2,1-5H3,(H,91,112)(H,92,105)(H,93,113)(H,94,116)(H,95,117)(H,96,118)(H,97,114)(H,98,115)(H,119,120)/t58-,62-,63-,64-,65-,66+,67+,68+,69-,70-,71-,72-,73+,74+,75+,77+,86-,87+/m1/s1. The van der Waals surface area contributed by atoms with Crippen molar-refractivity contribution in [3.63, 3.8) is 0 Å². The molecule has 17 bridgehead atoms. The SMILES string of the molecule is CN[C@H]1C(=O)N[C@H]2C(=O)N[C@H](C(=O)N[C@H]3C(=O)N[C@H]4C(=O)N[C@H](C(=O)N[C@H](C(=O)NCCCN(C)C)c5cc(O)cc(O[C@H]6O[C@H](CO)[C@@H](O)[C@H](O)[C@@H]6O)c5-c5cc4ccc5O)[C@H](O)c4ccc(c(Cl)c4)Oc4cc3cc(c4O[C@@H]3O[C@H](C(=O)O)[C@@H](O)[C@H](O)[C@H]3NC(=O)CCCCCCCCC(C)C)Oc3ccc2cc3)c2cc(cc(O)c2Cl)Oc2cc1ccc2O. The number of phenols is 4. The molecule has 38 nitrogen and oxygen atoms in total. The van der Waals surface area contributed by atoms with Gasteiger partial charge in [-0.3, -0.25) is 38.4 Å². The highest BCUT2D eigenvalue weighted by molar-refractivity contribution is 6.33. The second-order valence-electron chi connectivity index (χ2n) is 32.3. The number of hydrogen-bond donors (Lipinski definition) is 21. The number of carboxylic acids is 1. The number of likely N-dealkylation sites (N-methyl/N-ethyl adjacent to an activating group) is 1. The lowest BCUT2D eigenvalue weighted by molar-refractivity contribution is -0.277. The molecule has 7 aromatic carbocycles. The molecule has 8 aliphatic rings. The Kier molecular flexibility index (Phi) is 29.2. The highest BCUT2D eigenvalue weighted by atomic mass is 35.5. The Morgan fingerprint density at radius 1 is 0.535 bits per heavy atom. The molecule has 21 N–H and O–H groups in total. The third-order valence-electron chi connectivity index (χ3n) is 22.5. The third kappa shape index (κ3) is 20.7. The van der Waals surface area contributed by atoms with Gasteiger partial charge in [0.25, 0.3) is 0 Å². The zero-order valence-corrected chi connectivity index (χ0v) is 70.5. The molecule has 8 amide bonds. The molecule has 2 fully saturated rings. The van der Waals surface area contributed by atoms with Gasteiger partial charge in [-0.05, 0) is 153 Å². The van der Waals surface area contributed by atoms with E-state index in [0.717, 1.165) is 105 Å². The molecule has 127 heavy (non-hydrogen) atoms. The van der Waals surface area contributed by atoms with Crippen molar-refractivity contribution in [3.05, 3.63) is 164 Å². The zero-order valence-electron chi connectivity index (χ0n) is 69.0. The molecule has 18 atom stereocenters. The number of aliphatic hydroxyl groups is 7. The first kappa shape index (κ1) is 92.8. The number of ether oxygens (including phenoxy) is 7. The van der Waals surface area contributed by atoms with Crippen molar-refractivity contribution >= 4 is 76.4 Å².